The fourth-order valence-corrected chi connectivity index (χ4v) is 10.7. The van der Waals surface area contributed by atoms with E-state index in [2.05, 4.69) is 57.9 Å². The van der Waals surface area contributed by atoms with Crippen LogP contribution in [-0.4, -0.2) is 114 Å². The molecule has 5 heterocycles. The molecule has 3 aliphatic heterocycles. The van der Waals surface area contributed by atoms with Crippen LogP contribution in [0.15, 0.2) is 79.0 Å². The van der Waals surface area contributed by atoms with Crippen molar-refractivity contribution in [1.82, 2.24) is 40.4 Å². The number of nitrogens with zero attached hydrogens (tertiary/aromatic N) is 4. The number of aromatic amines is 2. The number of nitrogens with one attached hydrogen (secondary N) is 4. The van der Waals surface area contributed by atoms with E-state index in [-0.39, 0.29) is 29.8 Å². The smallest absolute Gasteiger partial charge is 0.407 e. The summed E-state index contributed by atoms with van der Waals surface area (Å²) in [5.74, 6) is 2.35. The Kier molecular flexibility index (Phi) is 11.6. The van der Waals surface area contributed by atoms with Crippen molar-refractivity contribution in [3.8, 4) is 28.1 Å². The van der Waals surface area contributed by atoms with Gasteiger partial charge in [-0.15, -0.1) is 0 Å². The molecular formula is C50H54N8O9. The molecule has 4 amide bonds. The third-order valence-corrected chi connectivity index (χ3v) is 14.3. The molecule has 17 nitrogen and oxygen atoms in total. The van der Waals surface area contributed by atoms with Crippen LogP contribution in [0.3, 0.4) is 0 Å². The number of carbonyl (C=O) groups excluding carboxylic acids is 4. The van der Waals surface area contributed by atoms with Crippen molar-refractivity contribution in [2.75, 3.05) is 41.6 Å². The molecule has 1 saturated carbocycles. The summed E-state index contributed by atoms with van der Waals surface area (Å²) in [7, 11) is 5.71. The van der Waals surface area contributed by atoms with E-state index < -0.39 is 36.4 Å². The molecule has 4 aliphatic rings. The van der Waals surface area contributed by atoms with E-state index in [0.29, 0.717) is 55.2 Å². The van der Waals surface area contributed by atoms with Crippen LogP contribution in [0.4, 0.5) is 9.59 Å². The Labute approximate surface area is 386 Å². The molecule has 1 aliphatic carbocycles. The van der Waals surface area contributed by atoms with Crippen LogP contribution in [0.2, 0.25) is 0 Å². The quantitative estimate of drug-likeness (QED) is 0.0988. The topological polar surface area (TPSA) is 202 Å². The number of imidazole rings is 2. The predicted molar refractivity (Wildman–Crippen MR) is 247 cm³/mol. The number of amides is 4. The van der Waals surface area contributed by atoms with Gasteiger partial charge in [0.05, 0.1) is 61.9 Å². The standard InChI is InChI=1S/C50H54N8O9/c1-25-33-19-39(58(44(25)33)48(60)41(26(2)64-4)55-49(61)65-5)45-51-21-37(53-45)30-12-14-32-31(17-30)24-67-40-20-34-29(18-35(32)40)13-15-36-43(34)54-46(52-36)38-16-27(23-63-3)22-57(38)47(59)42(56-50(62)66-6)28-10-8-7-9-11-28/h7-15,17-18,20-21,25-27,33,38-39,41-42,44H,16,19,22-24H2,1-6H3,(H,51,53)(H,52,54)(H,55,61)(H,56,62)/t25-,26-,27+,33+,38+,39+,41+,42-,44-/m1/s1. The number of aromatic nitrogens is 4. The number of ether oxygens (including phenoxy) is 5. The molecule has 4 N–H and O–H groups in total. The summed E-state index contributed by atoms with van der Waals surface area (Å²) >= 11 is 0. The molecule has 0 spiro atoms. The maximum absolute atomic E-state index is 14.4. The first-order valence-corrected chi connectivity index (χ1v) is 22.7. The third-order valence-electron chi connectivity index (χ3n) is 14.3. The fraction of sp³-hybridized carbons (Fsp3) is 0.400. The van der Waals surface area contributed by atoms with Crippen molar-refractivity contribution >= 4 is 45.8 Å². The summed E-state index contributed by atoms with van der Waals surface area (Å²) in [6.07, 6.45) is 1.23. The fourth-order valence-electron chi connectivity index (χ4n) is 10.7. The Morgan fingerprint density at radius 1 is 0.866 bits per heavy atom. The summed E-state index contributed by atoms with van der Waals surface area (Å²) in [5.41, 5.74) is 7.05. The van der Waals surface area contributed by atoms with Crippen LogP contribution in [-0.2, 0) is 35.1 Å². The minimum Gasteiger partial charge on any atom is -0.488 e. The average Bonchev–Trinajstić information content (AvgIpc) is 3.99. The molecule has 4 aromatic carbocycles. The number of hydrogen-bond acceptors (Lipinski definition) is 11. The van der Waals surface area contributed by atoms with Gasteiger partial charge in [0.15, 0.2) is 0 Å². The second-order valence-electron chi connectivity index (χ2n) is 18.1. The van der Waals surface area contributed by atoms with Crippen molar-refractivity contribution in [3.63, 3.8) is 0 Å². The van der Waals surface area contributed by atoms with E-state index in [1.807, 2.05) is 53.6 Å². The zero-order chi connectivity index (χ0) is 46.7. The van der Waals surface area contributed by atoms with Crippen LogP contribution in [0.25, 0.3) is 44.2 Å². The molecule has 0 unspecified atom stereocenters. The van der Waals surface area contributed by atoms with Crippen molar-refractivity contribution in [3.05, 3.63) is 102 Å². The van der Waals surface area contributed by atoms with Crippen molar-refractivity contribution in [2.45, 2.75) is 69.6 Å². The van der Waals surface area contributed by atoms with Crippen LogP contribution < -0.4 is 15.4 Å². The first-order chi connectivity index (χ1) is 32.5. The number of alkyl carbamates (subject to hydrolysis) is 2. The highest BCUT2D eigenvalue weighted by Gasteiger charge is 2.61. The summed E-state index contributed by atoms with van der Waals surface area (Å²) in [5, 5.41) is 7.33. The van der Waals surface area contributed by atoms with Gasteiger partial charge in [0.25, 0.3) is 5.91 Å². The second-order valence-corrected chi connectivity index (χ2v) is 18.1. The van der Waals surface area contributed by atoms with E-state index in [1.54, 1.807) is 18.9 Å². The van der Waals surface area contributed by atoms with E-state index in [9.17, 15) is 19.2 Å². The maximum Gasteiger partial charge on any atom is 0.407 e. The number of fused-ring (bicyclic) bond motifs is 7. The average molecular weight is 911 g/mol. The normalized spacial score (nSPS) is 22.8. The minimum absolute atomic E-state index is 0.0545. The summed E-state index contributed by atoms with van der Waals surface area (Å²) in [6, 6.07) is 21.2. The summed E-state index contributed by atoms with van der Waals surface area (Å²) in [4.78, 5) is 74.0. The van der Waals surface area contributed by atoms with Gasteiger partial charge in [0.2, 0.25) is 5.91 Å². The van der Waals surface area contributed by atoms with Gasteiger partial charge in [0.1, 0.15) is 36.1 Å². The van der Waals surface area contributed by atoms with Gasteiger partial charge in [-0.3, -0.25) is 9.59 Å². The van der Waals surface area contributed by atoms with Crippen molar-refractivity contribution < 1.29 is 42.9 Å². The van der Waals surface area contributed by atoms with E-state index in [4.69, 9.17) is 33.7 Å². The molecule has 17 heteroatoms. The van der Waals surface area contributed by atoms with Crippen LogP contribution in [0.1, 0.15) is 67.6 Å². The molecule has 3 fully saturated rings. The minimum atomic E-state index is -0.959. The van der Waals surface area contributed by atoms with Gasteiger partial charge < -0.3 is 54.1 Å². The Morgan fingerprint density at radius 2 is 1.66 bits per heavy atom. The van der Waals surface area contributed by atoms with Crippen molar-refractivity contribution in [2.24, 2.45) is 17.8 Å². The Balaban J connectivity index is 0.915. The van der Waals surface area contributed by atoms with Crippen LogP contribution in [0.5, 0.6) is 5.75 Å². The first-order valence-electron chi connectivity index (χ1n) is 22.7. The number of carbonyl (C=O) groups is 4. The highest BCUT2D eigenvalue weighted by atomic mass is 16.5. The number of benzene rings is 4. The number of piperidine rings is 1. The number of likely N-dealkylation sites (tertiary alicyclic amines) is 2. The molecule has 6 aromatic rings. The monoisotopic (exact) mass is 910 g/mol. The molecule has 0 radical (unpaired) electrons. The maximum atomic E-state index is 14.4. The van der Waals surface area contributed by atoms with Crippen LogP contribution in [0, 0.1) is 17.8 Å². The molecular weight excluding hydrogens is 857 g/mol. The predicted octanol–water partition coefficient (Wildman–Crippen LogP) is 6.97. The molecule has 348 valence electrons. The van der Waals surface area contributed by atoms with Gasteiger partial charge in [0, 0.05) is 43.7 Å². The lowest BCUT2D eigenvalue weighted by atomic mass is 9.92. The molecule has 2 aromatic heterocycles. The zero-order valence-electron chi connectivity index (χ0n) is 38.2. The lowest BCUT2D eigenvalue weighted by molar-refractivity contribution is -0.139. The zero-order valence-corrected chi connectivity index (χ0v) is 38.2. The van der Waals surface area contributed by atoms with Gasteiger partial charge in [-0.25, -0.2) is 19.6 Å². The number of hydrogen-bond donors (Lipinski definition) is 4. The van der Waals surface area contributed by atoms with Gasteiger partial charge in [-0.2, -0.15) is 0 Å². The second kappa shape index (κ2) is 17.7. The molecule has 0 bridgehead atoms. The third kappa shape index (κ3) is 7.88. The number of rotatable bonds is 12. The largest absolute Gasteiger partial charge is 0.488 e. The summed E-state index contributed by atoms with van der Waals surface area (Å²) in [6.45, 7) is 5.15. The highest BCUT2D eigenvalue weighted by molar-refractivity contribution is 6.07. The lowest BCUT2D eigenvalue weighted by Gasteiger charge is -2.33. The van der Waals surface area contributed by atoms with E-state index >= 15 is 0 Å². The Morgan fingerprint density at radius 3 is 2.42 bits per heavy atom. The first kappa shape index (κ1) is 43.9. The SMILES string of the molecule is COC[C@H]1C[C@@H](c2nc3c(ccc4cc5c(cc43)OCc3cc(-c4cnc([C@@H]6C[C@H]7[C@@H](C)[C@H]7N6C(=O)[C@@H](NC(=O)OC)[C@@H](C)OC)[nH]4)ccc3-5)[nH]2)N(C(=O)[C@H](NC(=O)OC)c2ccccc2)C1. The lowest BCUT2D eigenvalue weighted by Crippen LogP contribution is -2.55. The number of H-pyrrole nitrogens is 2. The van der Waals surface area contributed by atoms with Crippen LogP contribution >= 0.6 is 0 Å². The Hall–Kier alpha value is -6.98. The van der Waals surface area contributed by atoms with E-state index in [0.717, 1.165) is 61.9 Å². The van der Waals surface area contributed by atoms with Gasteiger partial charge in [-0.05, 0) is 83.5 Å². The Bertz CT molecular complexity index is 2880. The number of methoxy groups -OCH3 is 4. The summed E-state index contributed by atoms with van der Waals surface area (Å²) < 4.78 is 27.3. The van der Waals surface area contributed by atoms with Gasteiger partial charge >= 0.3 is 12.2 Å². The van der Waals surface area contributed by atoms with Gasteiger partial charge in [-0.1, -0.05) is 55.5 Å². The molecule has 10 rings (SSSR count). The molecule has 2 saturated heterocycles. The molecule has 67 heavy (non-hydrogen) atoms. The van der Waals surface area contributed by atoms with E-state index in [1.165, 1.54) is 21.3 Å². The molecule has 9 atom stereocenters. The highest BCUT2D eigenvalue weighted by Crippen LogP contribution is 2.57. The van der Waals surface area contributed by atoms with Crippen molar-refractivity contribution in [1.29, 1.82) is 0 Å².